The Bertz CT molecular complexity index is 473. The molecule has 2 aromatic rings. The second-order valence-corrected chi connectivity index (χ2v) is 3.58. The van der Waals surface area contributed by atoms with Gasteiger partial charge in [-0.3, -0.25) is 0 Å². The van der Waals surface area contributed by atoms with Crippen LogP contribution >= 0.6 is 11.6 Å². The first-order valence-corrected chi connectivity index (χ1v) is 5.09. The summed E-state index contributed by atoms with van der Waals surface area (Å²) >= 11 is 5.66. The molecule has 0 aromatic carbocycles. The smallest absolute Gasteiger partial charge is 0.214 e. The largest absolute Gasteiger partial charge is 0.366 e. The summed E-state index contributed by atoms with van der Waals surface area (Å²) in [6.07, 6.45) is 1.66. The lowest BCUT2D eigenvalue weighted by Crippen LogP contribution is -2.02. The van der Waals surface area contributed by atoms with Crippen molar-refractivity contribution < 1.29 is 4.39 Å². The summed E-state index contributed by atoms with van der Waals surface area (Å²) in [5, 5.41) is 3.44. The highest BCUT2D eigenvalue weighted by molar-refractivity contribution is 6.29. The molecule has 0 saturated heterocycles. The first kappa shape index (κ1) is 10.8. The van der Waals surface area contributed by atoms with Crippen LogP contribution in [0.3, 0.4) is 0 Å². The number of hydrogen-bond donors (Lipinski definition) is 1. The average Bonchev–Trinajstić information content (AvgIpc) is 2.28. The minimum absolute atomic E-state index is 0.452. The topological polar surface area (TPSA) is 37.8 Å². The maximum absolute atomic E-state index is 12.8. The highest BCUT2D eigenvalue weighted by Gasteiger charge is 1.97. The number of halogens is 2. The number of nitrogens with one attached hydrogen (secondary N) is 1. The minimum Gasteiger partial charge on any atom is -0.366 e. The lowest BCUT2D eigenvalue weighted by atomic mass is 10.3. The van der Waals surface area contributed by atoms with Gasteiger partial charge in [-0.25, -0.2) is 9.97 Å². The van der Waals surface area contributed by atoms with E-state index in [1.54, 1.807) is 24.4 Å². The summed E-state index contributed by atoms with van der Waals surface area (Å²) in [5.41, 5.74) is 0.954. The summed E-state index contributed by atoms with van der Waals surface area (Å²) in [7, 11) is 0. The normalized spacial score (nSPS) is 10.1. The molecule has 82 valence electrons. The zero-order chi connectivity index (χ0) is 11.4. The lowest BCUT2D eigenvalue weighted by molar-refractivity contribution is 0.585. The van der Waals surface area contributed by atoms with Gasteiger partial charge in [0, 0.05) is 12.7 Å². The van der Waals surface area contributed by atoms with Gasteiger partial charge in [-0.15, -0.1) is 0 Å². The van der Waals surface area contributed by atoms with E-state index < -0.39 is 5.95 Å². The molecule has 0 radical (unpaired) electrons. The molecule has 0 aliphatic rings. The van der Waals surface area contributed by atoms with Crippen molar-refractivity contribution in [2.24, 2.45) is 0 Å². The molecule has 5 heteroatoms. The van der Waals surface area contributed by atoms with Crippen molar-refractivity contribution in [1.82, 2.24) is 9.97 Å². The predicted octanol–water partition coefficient (Wildman–Crippen LogP) is 2.88. The van der Waals surface area contributed by atoms with Crippen LogP contribution in [0.15, 0.2) is 36.5 Å². The molecule has 2 aromatic heterocycles. The van der Waals surface area contributed by atoms with Gasteiger partial charge in [0.1, 0.15) is 11.0 Å². The fourth-order valence-electron chi connectivity index (χ4n) is 1.21. The van der Waals surface area contributed by atoms with Crippen molar-refractivity contribution in [3.63, 3.8) is 0 Å². The predicted molar refractivity (Wildman–Crippen MR) is 60.8 cm³/mol. The van der Waals surface area contributed by atoms with Crippen LogP contribution in [0.2, 0.25) is 5.15 Å². The summed E-state index contributed by atoms with van der Waals surface area (Å²) in [6.45, 7) is 0.528. The highest BCUT2D eigenvalue weighted by atomic mass is 35.5. The molecule has 0 spiro atoms. The molecule has 3 nitrogen and oxygen atoms in total. The van der Waals surface area contributed by atoms with Crippen molar-refractivity contribution >= 4 is 17.4 Å². The highest BCUT2D eigenvalue weighted by Crippen LogP contribution is 2.08. The van der Waals surface area contributed by atoms with E-state index in [0.717, 1.165) is 5.56 Å². The third kappa shape index (κ3) is 2.90. The monoisotopic (exact) mass is 237 g/mol. The standard InChI is InChI=1S/C11H9ClFN3/c12-9-5-4-8(6-14-9)7-15-11-3-1-2-10(13)16-11/h1-6H,7H2,(H,15,16). The molecule has 0 unspecified atom stereocenters. The molecule has 0 saturated carbocycles. The SMILES string of the molecule is Fc1cccc(NCc2ccc(Cl)nc2)n1. The minimum atomic E-state index is -0.501. The molecule has 0 fully saturated rings. The Morgan fingerprint density at radius 3 is 2.81 bits per heavy atom. The molecule has 0 bridgehead atoms. The summed E-state index contributed by atoms with van der Waals surface area (Å²) in [5.74, 6) is -0.00539. The Morgan fingerprint density at radius 2 is 2.12 bits per heavy atom. The van der Waals surface area contributed by atoms with Crippen LogP contribution in [0.25, 0.3) is 0 Å². The first-order chi connectivity index (χ1) is 7.74. The Balaban J connectivity index is 1.99. The van der Waals surface area contributed by atoms with Crippen molar-refractivity contribution in [3.05, 3.63) is 53.2 Å². The Hall–Kier alpha value is -1.68. The fourth-order valence-corrected chi connectivity index (χ4v) is 1.32. The number of hydrogen-bond acceptors (Lipinski definition) is 3. The molecule has 16 heavy (non-hydrogen) atoms. The Kier molecular flexibility index (Phi) is 3.31. The van der Waals surface area contributed by atoms with Crippen LogP contribution in [0.1, 0.15) is 5.56 Å². The van der Waals surface area contributed by atoms with Crippen molar-refractivity contribution in [2.75, 3.05) is 5.32 Å². The summed E-state index contributed by atoms with van der Waals surface area (Å²) in [6, 6.07) is 8.16. The molecule has 1 N–H and O–H groups in total. The van der Waals surface area contributed by atoms with E-state index in [2.05, 4.69) is 15.3 Å². The van der Waals surface area contributed by atoms with Gasteiger partial charge >= 0.3 is 0 Å². The van der Waals surface area contributed by atoms with Gasteiger partial charge in [0.25, 0.3) is 0 Å². The van der Waals surface area contributed by atoms with Gasteiger partial charge in [-0.2, -0.15) is 4.39 Å². The van der Waals surface area contributed by atoms with E-state index in [1.807, 2.05) is 6.07 Å². The number of anilines is 1. The number of aromatic nitrogens is 2. The van der Waals surface area contributed by atoms with Gasteiger partial charge in [0.2, 0.25) is 5.95 Å². The van der Waals surface area contributed by atoms with Crippen LogP contribution in [-0.2, 0) is 6.54 Å². The zero-order valence-corrected chi connectivity index (χ0v) is 9.08. The maximum atomic E-state index is 12.8. The summed E-state index contributed by atoms with van der Waals surface area (Å²) < 4.78 is 12.8. The molecular weight excluding hydrogens is 229 g/mol. The van der Waals surface area contributed by atoms with E-state index >= 15 is 0 Å². The first-order valence-electron chi connectivity index (χ1n) is 4.71. The third-order valence-corrected chi connectivity index (χ3v) is 2.20. The van der Waals surface area contributed by atoms with Gasteiger partial charge < -0.3 is 5.32 Å². The van der Waals surface area contributed by atoms with E-state index in [0.29, 0.717) is 17.5 Å². The van der Waals surface area contributed by atoms with Crippen LogP contribution in [-0.4, -0.2) is 9.97 Å². The van der Waals surface area contributed by atoms with Gasteiger partial charge in [-0.1, -0.05) is 23.7 Å². The molecule has 0 aliphatic heterocycles. The Morgan fingerprint density at radius 1 is 1.25 bits per heavy atom. The second kappa shape index (κ2) is 4.90. The van der Waals surface area contributed by atoms with Crippen molar-refractivity contribution in [1.29, 1.82) is 0 Å². The Labute approximate surface area is 97.3 Å². The average molecular weight is 238 g/mol. The van der Waals surface area contributed by atoms with E-state index in [9.17, 15) is 4.39 Å². The van der Waals surface area contributed by atoms with Gasteiger partial charge in [0.05, 0.1) is 0 Å². The van der Waals surface area contributed by atoms with Crippen LogP contribution in [0.4, 0.5) is 10.2 Å². The van der Waals surface area contributed by atoms with Gasteiger partial charge in [0.15, 0.2) is 0 Å². The lowest BCUT2D eigenvalue weighted by Gasteiger charge is -2.04. The molecule has 0 atom stereocenters. The number of nitrogens with zero attached hydrogens (tertiary/aromatic N) is 2. The molecule has 2 heterocycles. The van der Waals surface area contributed by atoms with Crippen LogP contribution < -0.4 is 5.32 Å². The quantitative estimate of drug-likeness (QED) is 0.835. The number of pyridine rings is 2. The molecule has 0 amide bonds. The second-order valence-electron chi connectivity index (χ2n) is 3.19. The van der Waals surface area contributed by atoms with Gasteiger partial charge in [-0.05, 0) is 23.8 Å². The van der Waals surface area contributed by atoms with Crippen LogP contribution in [0.5, 0.6) is 0 Å². The summed E-state index contributed by atoms with van der Waals surface area (Å²) in [4.78, 5) is 7.62. The maximum Gasteiger partial charge on any atom is 0.214 e. The third-order valence-electron chi connectivity index (χ3n) is 1.98. The fraction of sp³-hybridized carbons (Fsp3) is 0.0909. The van der Waals surface area contributed by atoms with E-state index in [4.69, 9.17) is 11.6 Å². The zero-order valence-electron chi connectivity index (χ0n) is 8.32. The van der Waals surface area contributed by atoms with E-state index in [-0.39, 0.29) is 0 Å². The number of rotatable bonds is 3. The molecule has 0 aliphatic carbocycles. The van der Waals surface area contributed by atoms with Crippen molar-refractivity contribution in [2.45, 2.75) is 6.54 Å². The van der Waals surface area contributed by atoms with E-state index in [1.165, 1.54) is 6.07 Å². The van der Waals surface area contributed by atoms with Crippen LogP contribution in [0, 0.1) is 5.95 Å². The van der Waals surface area contributed by atoms with Crippen molar-refractivity contribution in [3.8, 4) is 0 Å². The molecular formula is C11H9ClFN3. The molecule has 2 rings (SSSR count).